The van der Waals surface area contributed by atoms with E-state index in [1.54, 1.807) is 6.07 Å². The van der Waals surface area contributed by atoms with Crippen LogP contribution in [0.1, 0.15) is 5.56 Å². The highest BCUT2D eigenvalue weighted by atomic mass is 79.9. The Bertz CT molecular complexity index is 857. The first-order valence-corrected chi connectivity index (χ1v) is 7.40. The number of H-pyrrole nitrogens is 1. The van der Waals surface area contributed by atoms with Gasteiger partial charge in [-0.3, -0.25) is 0 Å². The van der Waals surface area contributed by atoms with Crippen molar-refractivity contribution in [3.63, 3.8) is 0 Å². The summed E-state index contributed by atoms with van der Waals surface area (Å²) in [5.74, 6) is -0.00784. The van der Waals surface area contributed by atoms with Crippen molar-refractivity contribution >= 4 is 49.8 Å². The van der Waals surface area contributed by atoms with Gasteiger partial charge < -0.3 is 10.1 Å². The molecule has 3 rings (SSSR count). The van der Waals surface area contributed by atoms with Gasteiger partial charge >= 0.3 is 0 Å². The molecule has 0 aliphatic heterocycles. The predicted molar refractivity (Wildman–Crippen MR) is 88.0 cm³/mol. The van der Waals surface area contributed by atoms with Gasteiger partial charge in [-0.05, 0) is 42.8 Å². The summed E-state index contributed by atoms with van der Waals surface area (Å²) in [7, 11) is 0. The third-order valence-electron chi connectivity index (χ3n) is 3.21. The first-order valence-electron chi connectivity index (χ1n) is 6.23. The second-order valence-electron chi connectivity index (χ2n) is 4.60. The molecule has 0 saturated carbocycles. The van der Waals surface area contributed by atoms with Crippen molar-refractivity contribution in [2.24, 2.45) is 10.2 Å². The average molecular weight is 365 g/mol. The average Bonchev–Trinajstić information content (AvgIpc) is 2.76. The van der Waals surface area contributed by atoms with Crippen molar-refractivity contribution in [2.75, 3.05) is 0 Å². The SMILES string of the molecule is Cc1c(Cl)cccc1N=Nc1c(O)[nH]c2ccc(Br)cc12. The van der Waals surface area contributed by atoms with Crippen LogP contribution < -0.4 is 0 Å². The summed E-state index contributed by atoms with van der Waals surface area (Å²) in [4.78, 5) is 2.87. The molecule has 3 aromatic rings. The standard InChI is InChI=1S/C15H11BrClN3O/c1-8-11(17)3-2-4-12(8)19-20-14-10-7-9(16)5-6-13(10)18-15(14)21/h2-7,18,21H,1H3. The van der Waals surface area contributed by atoms with Gasteiger partial charge in [0.05, 0.1) is 11.2 Å². The Morgan fingerprint density at radius 1 is 1.19 bits per heavy atom. The molecule has 4 nitrogen and oxygen atoms in total. The van der Waals surface area contributed by atoms with Gasteiger partial charge in [0.15, 0.2) is 5.69 Å². The second-order valence-corrected chi connectivity index (χ2v) is 5.92. The largest absolute Gasteiger partial charge is 0.493 e. The molecule has 0 saturated heterocycles. The van der Waals surface area contributed by atoms with Gasteiger partial charge in [0.1, 0.15) is 0 Å². The molecule has 0 spiro atoms. The summed E-state index contributed by atoms with van der Waals surface area (Å²) >= 11 is 9.47. The molecule has 1 heterocycles. The Balaban J connectivity index is 2.09. The molecule has 2 aromatic carbocycles. The molecule has 1 aromatic heterocycles. The number of aromatic hydroxyl groups is 1. The van der Waals surface area contributed by atoms with Gasteiger partial charge in [0.2, 0.25) is 5.88 Å². The van der Waals surface area contributed by atoms with Crippen LogP contribution in [0.2, 0.25) is 5.02 Å². The lowest BCUT2D eigenvalue weighted by Gasteiger charge is -2.00. The normalized spacial score (nSPS) is 11.6. The van der Waals surface area contributed by atoms with E-state index < -0.39 is 0 Å². The van der Waals surface area contributed by atoms with Crippen LogP contribution in [0, 0.1) is 6.92 Å². The summed E-state index contributed by atoms with van der Waals surface area (Å²) in [6.07, 6.45) is 0. The maximum Gasteiger partial charge on any atom is 0.218 e. The van der Waals surface area contributed by atoms with Crippen LogP contribution in [0.25, 0.3) is 10.9 Å². The first-order chi connectivity index (χ1) is 10.1. The zero-order valence-corrected chi connectivity index (χ0v) is 13.4. The van der Waals surface area contributed by atoms with Gasteiger partial charge in [-0.25, -0.2) is 0 Å². The van der Waals surface area contributed by atoms with E-state index in [9.17, 15) is 5.11 Å². The molecule has 2 N–H and O–H groups in total. The Morgan fingerprint density at radius 3 is 2.81 bits per heavy atom. The molecule has 21 heavy (non-hydrogen) atoms. The fourth-order valence-electron chi connectivity index (χ4n) is 2.05. The van der Waals surface area contributed by atoms with Crippen LogP contribution in [-0.4, -0.2) is 10.1 Å². The minimum absolute atomic E-state index is 0.00784. The number of halogens is 2. The Morgan fingerprint density at radius 2 is 2.00 bits per heavy atom. The number of hydrogen-bond donors (Lipinski definition) is 2. The summed E-state index contributed by atoms with van der Waals surface area (Å²) in [5.41, 5.74) is 2.73. The van der Waals surface area contributed by atoms with Gasteiger partial charge in [-0.15, -0.1) is 5.11 Å². The molecule has 0 fully saturated rings. The van der Waals surface area contributed by atoms with Gasteiger partial charge in [0.25, 0.3) is 0 Å². The fraction of sp³-hybridized carbons (Fsp3) is 0.0667. The Labute approximate surface area is 134 Å². The highest BCUT2D eigenvalue weighted by Crippen LogP contribution is 2.38. The number of nitrogens with zero attached hydrogens (tertiary/aromatic N) is 2. The van der Waals surface area contributed by atoms with Crippen LogP contribution >= 0.6 is 27.5 Å². The maximum absolute atomic E-state index is 9.98. The molecule has 0 radical (unpaired) electrons. The summed E-state index contributed by atoms with van der Waals surface area (Å²) < 4.78 is 0.907. The van der Waals surface area contributed by atoms with E-state index in [0.717, 1.165) is 20.9 Å². The van der Waals surface area contributed by atoms with Crippen LogP contribution in [0.3, 0.4) is 0 Å². The molecule has 0 bridgehead atoms. The lowest BCUT2D eigenvalue weighted by molar-refractivity contribution is 0.459. The van der Waals surface area contributed by atoms with Crippen molar-refractivity contribution in [1.29, 1.82) is 0 Å². The fourth-order valence-corrected chi connectivity index (χ4v) is 2.58. The zero-order chi connectivity index (χ0) is 15.0. The molecule has 0 aliphatic carbocycles. The number of hydrogen-bond acceptors (Lipinski definition) is 3. The van der Waals surface area contributed by atoms with Crippen LogP contribution in [0.4, 0.5) is 11.4 Å². The lowest BCUT2D eigenvalue weighted by Crippen LogP contribution is -1.75. The van der Waals surface area contributed by atoms with E-state index in [0.29, 0.717) is 16.4 Å². The first kappa shape index (κ1) is 14.1. The van der Waals surface area contributed by atoms with Crippen LogP contribution in [0.5, 0.6) is 5.88 Å². The minimum Gasteiger partial charge on any atom is -0.493 e. The number of nitrogens with one attached hydrogen (secondary N) is 1. The van der Waals surface area contributed by atoms with Crippen molar-refractivity contribution in [3.05, 3.63) is 51.5 Å². The number of azo groups is 1. The second kappa shape index (κ2) is 5.50. The number of aromatic nitrogens is 1. The molecule has 0 aliphatic rings. The van der Waals surface area contributed by atoms with Gasteiger partial charge in [-0.1, -0.05) is 33.6 Å². The van der Waals surface area contributed by atoms with Crippen molar-refractivity contribution < 1.29 is 5.11 Å². The summed E-state index contributed by atoms with van der Waals surface area (Å²) in [6, 6.07) is 11.1. The molecule has 0 amide bonds. The van der Waals surface area contributed by atoms with E-state index in [1.165, 1.54) is 0 Å². The number of benzene rings is 2. The van der Waals surface area contributed by atoms with Crippen LogP contribution in [0.15, 0.2) is 51.1 Å². The summed E-state index contributed by atoms with van der Waals surface area (Å²) in [6.45, 7) is 1.88. The van der Waals surface area contributed by atoms with Crippen molar-refractivity contribution in [3.8, 4) is 5.88 Å². The number of aromatic amines is 1. The molecule has 106 valence electrons. The van der Waals surface area contributed by atoms with Crippen molar-refractivity contribution in [2.45, 2.75) is 6.92 Å². The molecular formula is C15H11BrClN3O. The quantitative estimate of drug-likeness (QED) is 0.537. The van der Waals surface area contributed by atoms with E-state index >= 15 is 0 Å². The van der Waals surface area contributed by atoms with E-state index in [2.05, 4.69) is 31.1 Å². The maximum atomic E-state index is 9.98. The molecule has 0 atom stereocenters. The Kier molecular flexibility index (Phi) is 3.69. The highest BCUT2D eigenvalue weighted by molar-refractivity contribution is 9.10. The predicted octanol–water partition coefficient (Wildman–Crippen LogP) is 6.01. The van der Waals surface area contributed by atoms with Gasteiger partial charge in [-0.2, -0.15) is 5.11 Å². The third-order valence-corrected chi connectivity index (χ3v) is 4.11. The zero-order valence-electron chi connectivity index (χ0n) is 11.1. The summed E-state index contributed by atoms with van der Waals surface area (Å²) in [5, 5.41) is 19.8. The molecule has 6 heteroatoms. The third kappa shape index (κ3) is 2.66. The monoisotopic (exact) mass is 363 g/mol. The smallest absolute Gasteiger partial charge is 0.218 e. The number of fused-ring (bicyclic) bond motifs is 1. The minimum atomic E-state index is -0.00784. The van der Waals surface area contributed by atoms with E-state index in [-0.39, 0.29) is 5.88 Å². The molecule has 0 unspecified atom stereocenters. The van der Waals surface area contributed by atoms with Crippen molar-refractivity contribution in [1.82, 2.24) is 4.98 Å². The van der Waals surface area contributed by atoms with Crippen LogP contribution in [-0.2, 0) is 0 Å². The Hall–Kier alpha value is -1.85. The van der Waals surface area contributed by atoms with E-state index in [4.69, 9.17) is 11.6 Å². The highest BCUT2D eigenvalue weighted by Gasteiger charge is 2.11. The van der Waals surface area contributed by atoms with Gasteiger partial charge in [0, 0.05) is 14.9 Å². The molecular weight excluding hydrogens is 354 g/mol. The van der Waals surface area contributed by atoms with E-state index in [1.807, 2.05) is 37.3 Å². The number of rotatable bonds is 2. The topological polar surface area (TPSA) is 60.7 Å². The lowest BCUT2D eigenvalue weighted by atomic mass is 10.2.